The van der Waals surface area contributed by atoms with Gasteiger partial charge in [0.25, 0.3) is 0 Å². The predicted molar refractivity (Wildman–Crippen MR) is 83.3 cm³/mol. The molecule has 0 fully saturated rings. The molecule has 0 spiro atoms. The Morgan fingerprint density at radius 2 is 2.18 bits per heavy atom. The molecule has 0 aliphatic heterocycles. The summed E-state index contributed by atoms with van der Waals surface area (Å²) in [5.41, 5.74) is 3.41. The van der Waals surface area contributed by atoms with Gasteiger partial charge in [-0.15, -0.1) is 4.91 Å². The Labute approximate surface area is 127 Å². The minimum absolute atomic E-state index is 0.152. The van der Waals surface area contributed by atoms with Crippen molar-refractivity contribution in [2.24, 2.45) is 5.18 Å². The van der Waals surface area contributed by atoms with Gasteiger partial charge in [0.2, 0.25) is 5.82 Å². The number of aryl methyl sites for hydroxylation is 1. The Morgan fingerprint density at radius 3 is 2.82 bits per heavy atom. The van der Waals surface area contributed by atoms with E-state index >= 15 is 0 Å². The number of methoxy groups -OCH3 is 1. The average molecular weight is 297 g/mol. The van der Waals surface area contributed by atoms with Crippen molar-refractivity contribution in [1.82, 2.24) is 9.38 Å². The Morgan fingerprint density at radius 1 is 1.36 bits per heavy atom. The standard InChI is InChI=1S/C16H15N3O3/c1-10-8-12(22-2)5-6-13(10)14-16(18-21)19-7-3-4-11(9-20)15(19)17-14/h3-8,20H,9H2,1-2H3. The van der Waals surface area contributed by atoms with Crippen molar-refractivity contribution < 1.29 is 9.84 Å². The summed E-state index contributed by atoms with van der Waals surface area (Å²) in [6.07, 6.45) is 1.71. The number of fused-ring (bicyclic) bond motifs is 1. The summed E-state index contributed by atoms with van der Waals surface area (Å²) in [7, 11) is 1.60. The Kier molecular flexibility index (Phi) is 3.60. The molecular formula is C16H15N3O3. The highest BCUT2D eigenvalue weighted by molar-refractivity contribution is 5.77. The summed E-state index contributed by atoms with van der Waals surface area (Å²) in [6.45, 7) is 1.77. The van der Waals surface area contributed by atoms with Crippen LogP contribution in [0.3, 0.4) is 0 Å². The predicted octanol–water partition coefficient (Wildman–Crippen LogP) is 3.21. The van der Waals surface area contributed by atoms with Crippen molar-refractivity contribution in [2.75, 3.05) is 7.11 Å². The maximum absolute atomic E-state index is 11.3. The minimum Gasteiger partial charge on any atom is -0.497 e. The van der Waals surface area contributed by atoms with Gasteiger partial charge in [0.15, 0.2) is 0 Å². The number of nitroso groups, excluding NO2 is 1. The SMILES string of the molecule is COc1ccc(-c2nc3c(CO)cccn3c2N=O)c(C)c1. The first-order valence-electron chi connectivity index (χ1n) is 6.78. The molecule has 0 aliphatic rings. The molecule has 3 aromatic rings. The van der Waals surface area contributed by atoms with Crippen LogP contribution < -0.4 is 4.74 Å². The zero-order valence-corrected chi connectivity index (χ0v) is 12.3. The highest BCUT2D eigenvalue weighted by atomic mass is 16.5. The van der Waals surface area contributed by atoms with Crippen molar-refractivity contribution in [1.29, 1.82) is 0 Å². The summed E-state index contributed by atoms with van der Waals surface area (Å²) in [5.74, 6) is 0.959. The molecule has 0 unspecified atom stereocenters. The number of aromatic nitrogens is 2. The van der Waals surface area contributed by atoms with Gasteiger partial charge in [-0.25, -0.2) is 4.98 Å². The maximum atomic E-state index is 11.3. The second kappa shape index (κ2) is 5.57. The number of hydrogen-bond donors (Lipinski definition) is 1. The monoisotopic (exact) mass is 297 g/mol. The van der Waals surface area contributed by atoms with Crippen LogP contribution >= 0.6 is 0 Å². The number of nitrogens with zero attached hydrogens (tertiary/aromatic N) is 3. The maximum Gasteiger partial charge on any atom is 0.209 e. The van der Waals surface area contributed by atoms with E-state index in [9.17, 15) is 10.0 Å². The van der Waals surface area contributed by atoms with Crippen LogP contribution in [0.1, 0.15) is 11.1 Å². The summed E-state index contributed by atoms with van der Waals surface area (Å²) in [6, 6.07) is 9.05. The van der Waals surface area contributed by atoms with E-state index in [1.54, 1.807) is 29.8 Å². The molecule has 1 aromatic carbocycles. The zero-order valence-electron chi connectivity index (χ0n) is 12.3. The lowest BCUT2D eigenvalue weighted by atomic mass is 10.1. The number of imidazole rings is 1. The van der Waals surface area contributed by atoms with Crippen LogP contribution in [-0.4, -0.2) is 21.6 Å². The Balaban J connectivity index is 2.29. The van der Waals surface area contributed by atoms with Crippen molar-refractivity contribution in [3.8, 4) is 17.0 Å². The normalized spacial score (nSPS) is 10.9. The van der Waals surface area contributed by atoms with Crippen molar-refractivity contribution >= 4 is 11.5 Å². The number of ether oxygens (including phenoxy) is 1. The fraction of sp³-hybridized carbons (Fsp3) is 0.188. The molecule has 112 valence electrons. The minimum atomic E-state index is -0.152. The Bertz CT molecular complexity index is 855. The second-order valence-electron chi connectivity index (χ2n) is 4.94. The van der Waals surface area contributed by atoms with Crippen LogP contribution in [0.25, 0.3) is 16.9 Å². The first-order valence-corrected chi connectivity index (χ1v) is 6.78. The van der Waals surface area contributed by atoms with Crippen molar-refractivity contribution in [2.45, 2.75) is 13.5 Å². The fourth-order valence-electron chi connectivity index (χ4n) is 2.53. The van der Waals surface area contributed by atoms with Crippen LogP contribution in [-0.2, 0) is 6.61 Å². The van der Waals surface area contributed by atoms with E-state index in [0.717, 1.165) is 16.9 Å². The first kappa shape index (κ1) is 14.2. The molecule has 2 aromatic heterocycles. The summed E-state index contributed by atoms with van der Waals surface area (Å²) in [4.78, 5) is 15.8. The smallest absolute Gasteiger partial charge is 0.209 e. The molecule has 6 nitrogen and oxygen atoms in total. The molecule has 0 bridgehead atoms. The summed E-state index contributed by atoms with van der Waals surface area (Å²) in [5, 5.41) is 12.6. The molecule has 2 heterocycles. The first-order chi connectivity index (χ1) is 10.7. The van der Waals surface area contributed by atoms with E-state index in [-0.39, 0.29) is 12.4 Å². The summed E-state index contributed by atoms with van der Waals surface area (Å²) >= 11 is 0. The average Bonchev–Trinajstić information content (AvgIpc) is 2.92. The van der Waals surface area contributed by atoms with Gasteiger partial charge in [-0.05, 0) is 41.9 Å². The third-order valence-corrected chi connectivity index (χ3v) is 3.65. The molecule has 0 atom stereocenters. The molecule has 3 rings (SSSR count). The second-order valence-corrected chi connectivity index (χ2v) is 4.94. The largest absolute Gasteiger partial charge is 0.497 e. The summed E-state index contributed by atoms with van der Waals surface area (Å²) < 4.78 is 6.79. The lowest BCUT2D eigenvalue weighted by Crippen LogP contribution is -1.90. The van der Waals surface area contributed by atoms with Gasteiger partial charge in [0, 0.05) is 17.3 Å². The van der Waals surface area contributed by atoms with Crippen molar-refractivity contribution in [3.05, 3.63) is 52.6 Å². The molecule has 0 aliphatic carbocycles. The molecule has 0 saturated heterocycles. The van der Waals surface area contributed by atoms with Crippen molar-refractivity contribution in [3.63, 3.8) is 0 Å². The molecule has 6 heteroatoms. The van der Waals surface area contributed by atoms with E-state index in [1.807, 2.05) is 25.1 Å². The third-order valence-electron chi connectivity index (χ3n) is 3.65. The topological polar surface area (TPSA) is 76.2 Å². The van der Waals surface area contributed by atoms with Gasteiger partial charge in [0.1, 0.15) is 17.1 Å². The van der Waals surface area contributed by atoms with Gasteiger partial charge in [0.05, 0.1) is 13.7 Å². The third kappa shape index (κ3) is 2.14. The molecule has 0 radical (unpaired) electrons. The lowest BCUT2D eigenvalue weighted by Gasteiger charge is -2.06. The Hall–Kier alpha value is -2.73. The number of benzene rings is 1. The molecular weight excluding hydrogens is 282 g/mol. The number of rotatable bonds is 4. The zero-order chi connectivity index (χ0) is 15.7. The van der Waals surface area contributed by atoms with Gasteiger partial charge in [-0.2, -0.15) is 0 Å². The van der Waals surface area contributed by atoms with E-state index in [1.165, 1.54) is 0 Å². The van der Waals surface area contributed by atoms with Gasteiger partial charge >= 0.3 is 0 Å². The molecule has 0 amide bonds. The number of pyridine rings is 1. The number of aliphatic hydroxyl groups is 1. The van der Waals surface area contributed by atoms with Crippen LogP contribution in [0.4, 0.5) is 5.82 Å². The van der Waals surface area contributed by atoms with Crippen LogP contribution in [0.15, 0.2) is 41.7 Å². The number of hydrogen-bond acceptors (Lipinski definition) is 5. The van der Waals surface area contributed by atoms with E-state index in [0.29, 0.717) is 16.9 Å². The fourth-order valence-corrected chi connectivity index (χ4v) is 2.53. The molecule has 22 heavy (non-hydrogen) atoms. The van der Waals surface area contributed by atoms with Crippen LogP contribution in [0.5, 0.6) is 5.75 Å². The molecule has 0 saturated carbocycles. The molecule has 1 N–H and O–H groups in total. The van der Waals surface area contributed by atoms with Crippen LogP contribution in [0, 0.1) is 11.8 Å². The quantitative estimate of drug-likeness (QED) is 0.750. The lowest BCUT2D eigenvalue weighted by molar-refractivity contribution is 0.282. The van der Waals surface area contributed by atoms with E-state index in [4.69, 9.17) is 4.74 Å². The van der Waals surface area contributed by atoms with E-state index in [2.05, 4.69) is 10.2 Å². The van der Waals surface area contributed by atoms with E-state index < -0.39 is 0 Å². The highest BCUT2D eigenvalue weighted by Gasteiger charge is 2.18. The van der Waals surface area contributed by atoms with Crippen LogP contribution in [0.2, 0.25) is 0 Å². The van der Waals surface area contributed by atoms with Gasteiger partial charge in [-0.1, -0.05) is 6.07 Å². The van der Waals surface area contributed by atoms with Gasteiger partial charge in [-0.3, -0.25) is 4.40 Å². The number of aliphatic hydroxyl groups excluding tert-OH is 1. The van der Waals surface area contributed by atoms with Gasteiger partial charge < -0.3 is 9.84 Å². The highest BCUT2D eigenvalue weighted by Crippen LogP contribution is 2.34.